The molecule has 2 unspecified atom stereocenters. The van der Waals surface area contributed by atoms with Gasteiger partial charge in [0.15, 0.2) is 0 Å². The van der Waals surface area contributed by atoms with E-state index in [4.69, 9.17) is 0 Å². The number of amides is 2. The molecular formula is C28H55N4O6S2+. The summed E-state index contributed by atoms with van der Waals surface area (Å²) in [7, 11) is 2.84. The molecule has 0 bridgehead atoms. The first kappa shape index (κ1) is 38.5. The molecule has 0 aliphatic carbocycles. The van der Waals surface area contributed by atoms with Crippen molar-refractivity contribution < 1.29 is 40.9 Å². The minimum Gasteiger partial charge on any atom is -0.548 e. The first-order valence-corrected chi connectivity index (χ1v) is 17.7. The Kier molecular flexibility index (Phi) is 26.6. The summed E-state index contributed by atoms with van der Waals surface area (Å²) in [6, 6.07) is -1.98. The van der Waals surface area contributed by atoms with E-state index in [0.717, 1.165) is 77.3 Å². The van der Waals surface area contributed by atoms with E-state index in [1.807, 2.05) is 0 Å². The molecule has 0 rings (SSSR count). The van der Waals surface area contributed by atoms with Crippen LogP contribution >= 0.6 is 21.6 Å². The van der Waals surface area contributed by atoms with Crippen LogP contribution < -0.4 is 27.2 Å². The van der Waals surface area contributed by atoms with Crippen LogP contribution in [-0.4, -0.2) is 65.5 Å². The first-order chi connectivity index (χ1) is 19.3. The summed E-state index contributed by atoms with van der Waals surface area (Å²) in [6.45, 7) is 1.95. The van der Waals surface area contributed by atoms with Crippen molar-refractivity contribution in [2.45, 2.75) is 128 Å². The lowest BCUT2D eigenvalue weighted by molar-refractivity contribution is -0.368. The van der Waals surface area contributed by atoms with Crippen LogP contribution in [0, 0.1) is 0 Å². The number of nitrogens with one attached hydrogen (secondary N) is 2. The van der Waals surface area contributed by atoms with Crippen LogP contribution in [0.4, 0.5) is 0 Å². The van der Waals surface area contributed by atoms with Crippen molar-refractivity contribution in [2.24, 2.45) is 0 Å². The number of hydrogen-bond acceptors (Lipinski definition) is 7. The standard InChI is InChI=1S/C28H54N4O6S2/c29-19-13-9-5-1-3-7-11-15-25(33)31-23(27(35)36)17-21-39-40-22-18-24(28(37)38)32-26(34)16-12-8-4-2-6-10-14-20-30/h23-24H,1-22,29-30H2,(H,31,33)(H,32,34)(H,35,36)(H,37,38)/p+1. The molecule has 0 aromatic carbocycles. The van der Waals surface area contributed by atoms with Crippen LogP contribution in [-0.2, 0) is 19.2 Å². The van der Waals surface area contributed by atoms with E-state index < -0.39 is 24.0 Å². The predicted molar refractivity (Wildman–Crippen MR) is 160 cm³/mol. The van der Waals surface area contributed by atoms with Crippen molar-refractivity contribution in [1.29, 1.82) is 0 Å². The fraction of sp³-hybridized carbons (Fsp3) is 0.857. The molecular weight excluding hydrogens is 552 g/mol. The zero-order chi connectivity index (χ0) is 29.8. The maximum Gasteiger partial charge on any atom is 0.326 e. The maximum absolute atomic E-state index is 12.1. The number of hydrogen-bond donors (Lipinski definition) is 5. The molecule has 10 nitrogen and oxygen atoms in total. The van der Waals surface area contributed by atoms with E-state index in [0.29, 0.717) is 24.3 Å². The molecule has 0 spiro atoms. The van der Waals surface area contributed by atoms with Crippen LogP contribution in [0.5, 0.6) is 0 Å². The third-order valence-corrected chi connectivity index (χ3v) is 9.10. The largest absolute Gasteiger partial charge is 0.548 e. The lowest BCUT2D eigenvalue weighted by atomic mass is 10.1. The Labute approximate surface area is 248 Å². The Balaban J connectivity index is 4.00. The van der Waals surface area contributed by atoms with Crippen molar-refractivity contribution >= 4 is 45.3 Å². The van der Waals surface area contributed by atoms with Gasteiger partial charge in [-0.05, 0) is 51.4 Å². The van der Waals surface area contributed by atoms with Gasteiger partial charge >= 0.3 is 5.97 Å². The molecule has 234 valence electrons. The number of carbonyl (C=O) groups excluding carboxylic acids is 3. The summed E-state index contributed by atoms with van der Waals surface area (Å²) in [5.41, 5.74) is 7.67. The number of quaternary nitrogens is 2. The topological polar surface area (TPSA) is 191 Å². The number of carboxylic acids is 2. The summed E-state index contributed by atoms with van der Waals surface area (Å²) in [6.07, 6.45) is 16.1. The Morgan fingerprint density at radius 1 is 0.600 bits per heavy atom. The Bertz CT molecular complexity index is 631. The molecule has 0 saturated carbocycles. The summed E-state index contributed by atoms with van der Waals surface area (Å²) in [5, 5.41) is 26.0. The van der Waals surface area contributed by atoms with Crippen molar-refractivity contribution in [3.05, 3.63) is 0 Å². The monoisotopic (exact) mass is 607 g/mol. The molecule has 0 fully saturated rings. The molecule has 0 aliphatic heterocycles. The summed E-state index contributed by atoms with van der Waals surface area (Å²) < 4.78 is 0. The quantitative estimate of drug-likeness (QED) is 0.0626. The number of unbranched alkanes of at least 4 members (excludes halogenated alkanes) is 12. The van der Waals surface area contributed by atoms with Gasteiger partial charge in [-0.1, -0.05) is 73.0 Å². The smallest absolute Gasteiger partial charge is 0.326 e. The lowest BCUT2D eigenvalue weighted by Crippen LogP contribution is -2.50. The van der Waals surface area contributed by atoms with Crippen molar-refractivity contribution in [3.63, 3.8) is 0 Å². The molecule has 0 aliphatic rings. The van der Waals surface area contributed by atoms with Gasteiger partial charge in [0, 0.05) is 24.3 Å². The maximum atomic E-state index is 12.1. The molecule has 0 aromatic heterocycles. The zero-order valence-electron chi connectivity index (χ0n) is 24.4. The molecule has 0 aromatic rings. The van der Waals surface area contributed by atoms with Gasteiger partial charge in [-0.3, -0.25) is 9.59 Å². The number of rotatable bonds is 29. The molecule has 0 radical (unpaired) electrons. The van der Waals surface area contributed by atoms with E-state index in [1.54, 1.807) is 0 Å². The summed E-state index contributed by atoms with van der Waals surface area (Å²) in [4.78, 5) is 47.2. The van der Waals surface area contributed by atoms with Crippen molar-refractivity contribution in [1.82, 2.24) is 10.6 Å². The van der Waals surface area contributed by atoms with Gasteiger partial charge in [0.1, 0.15) is 6.04 Å². The highest BCUT2D eigenvalue weighted by Gasteiger charge is 2.19. The van der Waals surface area contributed by atoms with Crippen molar-refractivity contribution in [2.75, 3.05) is 24.6 Å². The van der Waals surface area contributed by atoms with Gasteiger partial charge in [-0.25, -0.2) is 4.79 Å². The third kappa shape index (κ3) is 24.3. The van der Waals surface area contributed by atoms with E-state index >= 15 is 0 Å². The van der Waals surface area contributed by atoms with Gasteiger partial charge in [0.25, 0.3) is 0 Å². The van der Waals surface area contributed by atoms with Gasteiger partial charge in [0.05, 0.1) is 25.1 Å². The Morgan fingerprint density at radius 3 is 1.32 bits per heavy atom. The SMILES string of the molecule is [NH3+]CCCCCCCCCC(=O)NC(CCSSCCC(NC(=O)CCCCCCCCC[NH3+])C(=O)O)C(=O)[O-]. The fourth-order valence-corrected chi connectivity index (χ4v) is 6.37. The van der Waals surface area contributed by atoms with Gasteiger partial charge < -0.3 is 37.1 Å². The second-order valence-corrected chi connectivity index (χ2v) is 13.0. The summed E-state index contributed by atoms with van der Waals surface area (Å²) >= 11 is 0. The van der Waals surface area contributed by atoms with E-state index in [2.05, 4.69) is 22.1 Å². The molecule has 40 heavy (non-hydrogen) atoms. The highest BCUT2D eigenvalue weighted by atomic mass is 33.1. The average molecular weight is 608 g/mol. The molecule has 12 heteroatoms. The number of carboxylic acid groups (broad SMARTS) is 2. The normalized spacial score (nSPS) is 12.6. The molecule has 2 amide bonds. The second kappa shape index (κ2) is 27.7. The van der Waals surface area contributed by atoms with Crippen LogP contribution in [0.3, 0.4) is 0 Å². The van der Waals surface area contributed by atoms with Crippen LogP contribution in [0.15, 0.2) is 0 Å². The van der Waals surface area contributed by atoms with Crippen LogP contribution in [0.2, 0.25) is 0 Å². The highest BCUT2D eigenvalue weighted by molar-refractivity contribution is 8.76. The minimum atomic E-state index is -1.30. The van der Waals surface area contributed by atoms with Crippen molar-refractivity contribution in [3.8, 4) is 0 Å². The van der Waals surface area contributed by atoms with Gasteiger partial charge in [0.2, 0.25) is 11.8 Å². The first-order valence-electron chi connectivity index (χ1n) is 15.2. The second-order valence-electron chi connectivity index (χ2n) is 10.3. The molecule has 0 heterocycles. The zero-order valence-corrected chi connectivity index (χ0v) is 26.1. The number of carbonyl (C=O) groups is 4. The van der Waals surface area contributed by atoms with E-state index in [-0.39, 0.29) is 24.7 Å². The van der Waals surface area contributed by atoms with Crippen LogP contribution in [0.25, 0.3) is 0 Å². The predicted octanol–water partition coefficient (Wildman–Crippen LogP) is 1.68. The number of aliphatic carboxylic acids is 2. The molecule has 2 atom stereocenters. The fourth-order valence-electron chi connectivity index (χ4n) is 4.18. The summed E-state index contributed by atoms with van der Waals surface area (Å²) in [5.74, 6) is -1.90. The average Bonchev–Trinajstić information content (AvgIpc) is 2.91. The van der Waals surface area contributed by atoms with E-state index in [9.17, 15) is 29.4 Å². The Hall–Kier alpha value is -1.50. The highest BCUT2D eigenvalue weighted by Crippen LogP contribution is 2.24. The van der Waals surface area contributed by atoms with Crippen LogP contribution in [0.1, 0.15) is 116 Å². The Morgan fingerprint density at radius 2 is 0.950 bits per heavy atom. The van der Waals surface area contributed by atoms with Gasteiger partial charge in [-0.15, -0.1) is 0 Å². The lowest BCUT2D eigenvalue weighted by Gasteiger charge is -2.19. The third-order valence-electron chi connectivity index (χ3n) is 6.62. The van der Waals surface area contributed by atoms with E-state index in [1.165, 1.54) is 47.3 Å². The van der Waals surface area contributed by atoms with Gasteiger partial charge in [-0.2, -0.15) is 0 Å². The molecule has 0 saturated heterocycles. The molecule has 9 N–H and O–H groups in total. The minimum absolute atomic E-state index is 0.229.